The van der Waals surface area contributed by atoms with Crippen molar-refractivity contribution in [2.75, 3.05) is 13.2 Å². The average molecular weight is 460 g/mol. The van der Waals surface area contributed by atoms with Crippen molar-refractivity contribution in [3.05, 3.63) is 72.1 Å². The van der Waals surface area contributed by atoms with Crippen LogP contribution < -0.4 is 0 Å². The molecule has 0 unspecified atom stereocenters. The molecule has 8 nitrogen and oxygen atoms in total. The van der Waals surface area contributed by atoms with Crippen LogP contribution in [-0.2, 0) is 41.4 Å². The lowest BCUT2D eigenvalue weighted by molar-refractivity contribution is -0.154. The number of benzene rings is 2. The number of esters is 2. The lowest BCUT2D eigenvalue weighted by Crippen LogP contribution is -2.36. The molecule has 4 heterocycles. The van der Waals surface area contributed by atoms with E-state index in [1.54, 1.807) is 0 Å². The van der Waals surface area contributed by atoms with Crippen LogP contribution in [-0.4, -0.2) is 59.5 Å². The number of H-pyrrole nitrogens is 2. The number of aromatic amines is 2. The summed E-state index contributed by atoms with van der Waals surface area (Å²) >= 11 is 0. The number of aromatic nitrogens is 2. The minimum atomic E-state index is -0.528. The Bertz CT molecular complexity index is 1250. The summed E-state index contributed by atoms with van der Waals surface area (Å²) in [5.74, 6) is -0.690. The Kier molecular flexibility index (Phi) is 5.31. The fourth-order valence-electron chi connectivity index (χ4n) is 4.92. The van der Waals surface area contributed by atoms with E-state index in [4.69, 9.17) is 18.9 Å². The molecule has 4 atom stereocenters. The lowest BCUT2D eigenvalue weighted by Gasteiger charge is -2.17. The second-order valence-electron chi connectivity index (χ2n) is 8.73. The summed E-state index contributed by atoms with van der Waals surface area (Å²) in [4.78, 5) is 31.5. The molecule has 2 aromatic carbocycles. The second kappa shape index (κ2) is 8.62. The molecule has 2 fully saturated rings. The fraction of sp³-hybridized carbons (Fsp3) is 0.308. The number of carbonyl (C=O) groups is 2. The summed E-state index contributed by atoms with van der Waals surface area (Å²) in [5.41, 5.74) is 3.72. The van der Waals surface area contributed by atoms with Crippen molar-refractivity contribution in [1.82, 2.24) is 9.97 Å². The number of fused-ring (bicyclic) bond motifs is 3. The smallest absolute Gasteiger partial charge is 0.310 e. The number of carbonyl (C=O) groups excluding carboxylic acids is 2. The van der Waals surface area contributed by atoms with Gasteiger partial charge in [0.1, 0.15) is 12.2 Å². The molecular formula is C26H24N2O6. The highest BCUT2D eigenvalue weighted by Crippen LogP contribution is 2.31. The first kappa shape index (κ1) is 20.9. The van der Waals surface area contributed by atoms with Crippen LogP contribution in [0.1, 0.15) is 11.1 Å². The maximum Gasteiger partial charge on any atom is 0.310 e. The number of nitrogens with one attached hydrogen (secondary N) is 2. The maximum absolute atomic E-state index is 12.6. The average Bonchev–Trinajstić information content (AvgIpc) is 3.61. The Morgan fingerprint density at radius 3 is 1.65 bits per heavy atom. The molecule has 0 saturated carbocycles. The number of para-hydroxylation sites is 2. The molecule has 4 aromatic rings. The van der Waals surface area contributed by atoms with Crippen molar-refractivity contribution in [1.29, 1.82) is 0 Å². The number of hydrogen-bond donors (Lipinski definition) is 2. The Balaban J connectivity index is 1.05. The zero-order chi connectivity index (χ0) is 23.1. The first-order valence-electron chi connectivity index (χ1n) is 11.4. The minimum Gasteiger partial charge on any atom is -0.457 e. The van der Waals surface area contributed by atoms with Gasteiger partial charge in [0.05, 0.1) is 26.1 Å². The van der Waals surface area contributed by atoms with E-state index in [0.717, 1.165) is 32.9 Å². The largest absolute Gasteiger partial charge is 0.457 e. The molecule has 2 aromatic heterocycles. The van der Waals surface area contributed by atoms with E-state index in [0.29, 0.717) is 0 Å². The van der Waals surface area contributed by atoms with E-state index >= 15 is 0 Å². The van der Waals surface area contributed by atoms with E-state index in [-0.39, 0.29) is 38.0 Å². The molecule has 0 amide bonds. The molecule has 6 rings (SSSR count). The Labute approximate surface area is 195 Å². The summed E-state index contributed by atoms with van der Waals surface area (Å²) in [6.07, 6.45) is 2.02. The summed E-state index contributed by atoms with van der Waals surface area (Å²) < 4.78 is 23.0. The standard InChI is InChI=1S/C26H24N2O6/c29-23(9-15-11-27-19-7-3-1-5-17(15)19)33-21-13-31-26-22(14-32-25(21)26)34-24(30)10-16-12-28-20-8-4-2-6-18(16)20/h1-8,11-12,21-22,25-28H,9-10,13-14H2/t21-,22+,25-,26-/m1/s1. The molecule has 2 saturated heterocycles. The van der Waals surface area contributed by atoms with Crippen molar-refractivity contribution in [2.45, 2.75) is 37.3 Å². The molecule has 0 radical (unpaired) electrons. The first-order chi connectivity index (χ1) is 16.7. The summed E-state index contributed by atoms with van der Waals surface area (Å²) in [6.45, 7) is 0.427. The molecular weight excluding hydrogens is 436 g/mol. The molecule has 0 bridgehead atoms. The molecule has 2 N–H and O–H groups in total. The van der Waals surface area contributed by atoms with Crippen LogP contribution in [0.2, 0.25) is 0 Å². The number of rotatable bonds is 6. The second-order valence-corrected chi connectivity index (χ2v) is 8.73. The van der Waals surface area contributed by atoms with Gasteiger partial charge in [0.15, 0.2) is 12.2 Å². The van der Waals surface area contributed by atoms with Crippen molar-refractivity contribution in [2.24, 2.45) is 0 Å². The Morgan fingerprint density at radius 2 is 1.18 bits per heavy atom. The van der Waals surface area contributed by atoms with Crippen molar-refractivity contribution in [3.8, 4) is 0 Å². The molecule has 2 aliphatic heterocycles. The van der Waals surface area contributed by atoms with Gasteiger partial charge in [-0.2, -0.15) is 0 Å². The Hall–Kier alpha value is -3.62. The van der Waals surface area contributed by atoms with Crippen LogP contribution in [0.15, 0.2) is 60.9 Å². The first-order valence-corrected chi connectivity index (χ1v) is 11.4. The van der Waals surface area contributed by atoms with Gasteiger partial charge in [0.2, 0.25) is 0 Å². The Morgan fingerprint density at radius 1 is 0.735 bits per heavy atom. The summed E-state index contributed by atoms with van der Waals surface area (Å²) in [7, 11) is 0. The third-order valence-electron chi connectivity index (χ3n) is 6.55. The van der Waals surface area contributed by atoms with E-state index in [1.165, 1.54) is 0 Å². The van der Waals surface area contributed by atoms with Crippen LogP contribution >= 0.6 is 0 Å². The monoisotopic (exact) mass is 460 g/mol. The molecule has 174 valence electrons. The molecule has 0 aliphatic carbocycles. The highest BCUT2D eigenvalue weighted by atomic mass is 16.7. The van der Waals surface area contributed by atoms with Gasteiger partial charge in [-0.05, 0) is 23.3 Å². The normalized spacial score (nSPS) is 23.9. The van der Waals surface area contributed by atoms with Gasteiger partial charge < -0.3 is 28.9 Å². The van der Waals surface area contributed by atoms with E-state index in [9.17, 15) is 9.59 Å². The van der Waals surface area contributed by atoms with E-state index in [1.807, 2.05) is 60.9 Å². The summed E-state index contributed by atoms with van der Waals surface area (Å²) in [5, 5.41) is 2.00. The molecule has 2 aliphatic rings. The van der Waals surface area contributed by atoms with Crippen molar-refractivity contribution in [3.63, 3.8) is 0 Å². The lowest BCUT2D eigenvalue weighted by atomic mass is 10.1. The van der Waals surface area contributed by atoms with E-state index < -0.39 is 24.4 Å². The maximum atomic E-state index is 12.6. The zero-order valence-electron chi connectivity index (χ0n) is 18.4. The molecule has 8 heteroatoms. The van der Waals surface area contributed by atoms with Gasteiger partial charge in [-0.25, -0.2) is 0 Å². The quantitative estimate of drug-likeness (QED) is 0.429. The highest BCUT2D eigenvalue weighted by Gasteiger charge is 2.51. The van der Waals surface area contributed by atoms with Crippen molar-refractivity contribution >= 4 is 33.7 Å². The molecule has 0 spiro atoms. The van der Waals surface area contributed by atoms with Gasteiger partial charge in [-0.1, -0.05) is 36.4 Å². The van der Waals surface area contributed by atoms with Gasteiger partial charge in [0.25, 0.3) is 0 Å². The molecule has 34 heavy (non-hydrogen) atoms. The predicted molar refractivity (Wildman–Crippen MR) is 123 cm³/mol. The van der Waals surface area contributed by atoms with Crippen molar-refractivity contribution < 1.29 is 28.5 Å². The third kappa shape index (κ3) is 3.85. The number of ether oxygens (including phenoxy) is 4. The fourth-order valence-corrected chi connectivity index (χ4v) is 4.92. The highest BCUT2D eigenvalue weighted by molar-refractivity contribution is 5.88. The topological polar surface area (TPSA) is 103 Å². The van der Waals surface area contributed by atoms with Crippen LogP contribution in [0.3, 0.4) is 0 Å². The van der Waals surface area contributed by atoms with Gasteiger partial charge in [-0.15, -0.1) is 0 Å². The minimum absolute atomic E-state index is 0.154. The predicted octanol–water partition coefficient (Wildman–Crippen LogP) is 3.06. The zero-order valence-corrected chi connectivity index (χ0v) is 18.4. The van der Waals surface area contributed by atoms with Crippen LogP contribution in [0.25, 0.3) is 21.8 Å². The van der Waals surface area contributed by atoms with Gasteiger partial charge in [0, 0.05) is 34.2 Å². The van der Waals surface area contributed by atoms with Gasteiger partial charge >= 0.3 is 11.9 Å². The van der Waals surface area contributed by atoms with Gasteiger partial charge in [-0.3, -0.25) is 9.59 Å². The number of hydrogen-bond acceptors (Lipinski definition) is 6. The van der Waals surface area contributed by atoms with E-state index in [2.05, 4.69) is 9.97 Å². The SMILES string of the molecule is O=C(Cc1c[nH]c2ccccc12)O[C@H]1CO[C@H]2[C@@H]1OC[C@H]2OC(=O)Cc1c[nH]c2ccccc12. The third-order valence-corrected chi connectivity index (χ3v) is 6.55. The van der Waals surface area contributed by atoms with Crippen LogP contribution in [0.4, 0.5) is 0 Å². The summed E-state index contributed by atoms with van der Waals surface area (Å²) in [6, 6.07) is 15.6. The van der Waals surface area contributed by atoms with Crippen LogP contribution in [0.5, 0.6) is 0 Å². The van der Waals surface area contributed by atoms with Crippen LogP contribution in [0, 0.1) is 0 Å².